The maximum atomic E-state index is 13.2. The van der Waals surface area contributed by atoms with Crippen LogP contribution in [0.3, 0.4) is 0 Å². The average molecular weight is 253 g/mol. The molecule has 0 spiro atoms. The standard InChI is InChI=1S/C12H16FN3O2/c1-12(2,11(15)18)6-16-10(17)7-4-3-5-8(13)9(7)14/h3-5H,6,14H2,1-2H3,(H2,15,18)(H,16,17). The summed E-state index contributed by atoms with van der Waals surface area (Å²) in [5.41, 5.74) is 9.57. The van der Waals surface area contributed by atoms with Gasteiger partial charge in [-0.15, -0.1) is 0 Å². The molecule has 5 nitrogen and oxygen atoms in total. The third-order valence-corrected chi connectivity index (χ3v) is 2.66. The van der Waals surface area contributed by atoms with Crippen molar-refractivity contribution in [1.82, 2.24) is 5.32 Å². The van der Waals surface area contributed by atoms with Crippen LogP contribution in [0, 0.1) is 11.2 Å². The summed E-state index contributed by atoms with van der Waals surface area (Å²) in [6.07, 6.45) is 0. The molecule has 0 saturated carbocycles. The van der Waals surface area contributed by atoms with Crippen LogP contribution in [0.2, 0.25) is 0 Å². The lowest BCUT2D eigenvalue weighted by Crippen LogP contribution is -2.42. The Morgan fingerprint density at radius 1 is 1.39 bits per heavy atom. The molecule has 18 heavy (non-hydrogen) atoms. The average Bonchev–Trinajstić information content (AvgIpc) is 2.29. The van der Waals surface area contributed by atoms with Crippen molar-refractivity contribution in [2.24, 2.45) is 11.1 Å². The van der Waals surface area contributed by atoms with Gasteiger partial charge in [-0.3, -0.25) is 9.59 Å². The monoisotopic (exact) mass is 253 g/mol. The molecule has 5 N–H and O–H groups in total. The van der Waals surface area contributed by atoms with Crippen LogP contribution in [-0.2, 0) is 4.79 Å². The Kier molecular flexibility index (Phi) is 3.90. The molecule has 0 radical (unpaired) electrons. The van der Waals surface area contributed by atoms with Gasteiger partial charge in [0.25, 0.3) is 5.91 Å². The van der Waals surface area contributed by atoms with Gasteiger partial charge in [-0.25, -0.2) is 4.39 Å². The first-order valence-corrected chi connectivity index (χ1v) is 5.38. The number of halogens is 1. The van der Waals surface area contributed by atoms with Crippen LogP contribution in [0.1, 0.15) is 24.2 Å². The van der Waals surface area contributed by atoms with Gasteiger partial charge >= 0.3 is 0 Å². The molecular formula is C12H16FN3O2. The van der Waals surface area contributed by atoms with Crippen LogP contribution >= 0.6 is 0 Å². The molecule has 0 bridgehead atoms. The highest BCUT2D eigenvalue weighted by Crippen LogP contribution is 2.17. The van der Waals surface area contributed by atoms with E-state index in [1.165, 1.54) is 18.2 Å². The van der Waals surface area contributed by atoms with Crippen molar-refractivity contribution >= 4 is 17.5 Å². The van der Waals surface area contributed by atoms with Crippen molar-refractivity contribution in [3.8, 4) is 0 Å². The zero-order chi connectivity index (χ0) is 13.9. The number of carbonyl (C=O) groups excluding carboxylic acids is 2. The zero-order valence-electron chi connectivity index (χ0n) is 10.3. The Morgan fingerprint density at radius 2 is 2.00 bits per heavy atom. The van der Waals surface area contributed by atoms with Crippen molar-refractivity contribution in [2.75, 3.05) is 12.3 Å². The van der Waals surface area contributed by atoms with E-state index in [2.05, 4.69) is 5.32 Å². The number of para-hydroxylation sites is 1. The van der Waals surface area contributed by atoms with Crippen LogP contribution in [0.5, 0.6) is 0 Å². The molecule has 1 aromatic carbocycles. The normalized spacial score (nSPS) is 11.1. The molecule has 0 aromatic heterocycles. The number of carbonyl (C=O) groups is 2. The van der Waals surface area contributed by atoms with Gasteiger partial charge in [0, 0.05) is 6.54 Å². The Hall–Kier alpha value is -2.11. The molecule has 0 unspecified atom stereocenters. The van der Waals surface area contributed by atoms with Crippen LogP contribution in [0.15, 0.2) is 18.2 Å². The van der Waals surface area contributed by atoms with Gasteiger partial charge in [-0.2, -0.15) is 0 Å². The zero-order valence-corrected chi connectivity index (χ0v) is 10.3. The topological polar surface area (TPSA) is 98.2 Å². The second-order valence-electron chi connectivity index (χ2n) is 4.63. The molecule has 0 heterocycles. The van der Waals surface area contributed by atoms with Crippen molar-refractivity contribution in [3.63, 3.8) is 0 Å². The largest absolute Gasteiger partial charge is 0.396 e. The molecule has 0 aliphatic rings. The fourth-order valence-electron chi connectivity index (χ4n) is 1.22. The van der Waals surface area contributed by atoms with Crippen molar-refractivity contribution in [1.29, 1.82) is 0 Å². The van der Waals surface area contributed by atoms with Gasteiger partial charge in [0.05, 0.1) is 16.7 Å². The second-order valence-corrected chi connectivity index (χ2v) is 4.63. The number of amides is 2. The molecule has 1 aromatic rings. The number of anilines is 1. The molecule has 0 fully saturated rings. The maximum Gasteiger partial charge on any atom is 0.253 e. The van der Waals surface area contributed by atoms with E-state index in [9.17, 15) is 14.0 Å². The highest BCUT2D eigenvalue weighted by Gasteiger charge is 2.26. The van der Waals surface area contributed by atoms with Crippen molar-refractivity contribution in [2.45, 2.75) is 13.8 Å². The molecule has 1 rings (SSSR count). The first-order chi connectivity index (χ1) is 8.25. The quantitative estimate of drug-likeness (QED) is 0.687. The first-order valence-electron chi connectivity index (χ1n) is 5.38. The van der Waals surface area contributed by atoms with Gasteiger partial charge < -0.3 is 16.8 Å². The summed E-state index contributed by atoms with van der Waals surface area (Å²) in [6.45, 7) is 3.26. The minimum Gasteiger partial charge on any atom is -0.396 e. The summed E-state index contributed by atoms with van der Waals surface area (Å²) in [6, 6.07) is 3.96. The highest BCUT2D eigenvalue weighted by atomic mass is 19.1. The Bertz CT molecular complexity index is 486. The molecule has 0 saturated heterocycles. The van der Waals surface area contributed by atoms with E-state index in [1.807, 2.05) is 0 Å². The summed E-state index contributed by atoms with van der Waals surface area (Å²) in [5, 5.41) is 2.50. The van der Waals surface area contributed by atoms with E-state index < -0.39 is 23.0 Å². The summed E-state index contributed by atoms with van der Waals surface area (Å²) in [7, 11) is 0. The highest BCUT2D eigenvalue weighted by molar-refractivity contribution is 5.99. The van der Waals surface area contributed by atoms with Gasteiger partial charge in [-0.1, -0.05) is 6.07 Å². The fourth-order valence-corrected chi connectivity index (χ4v) is 1.22. The summed E-state index contributed by atoms with van der Waals surface area (Å²) < 4.78 is 13.2. The number of hydrogen-bond acceptors (Lipinski definition) is 3. The first kappa shape index (κ1) is 14.0. The number of hydrogen-bond donors (Lipinski definition) is 3. The predicted octanol–water partition coefficient (Wildman–Crippen LogP) is 0.649. The number of nitrogens with two attached hydrogens (primary N) is 2. The smallest absolute Gasteiger partial charge is 0.253 e. The van der Waals surface area contributed by atoms with E-state index >= 15 is 0 Å². The maximum absolute atomic E-state index is 13.2. The van der Waals surface area contributed by atoms with Crippen LogP contribution < -0.4 is 16.8 Å². The third kappa shape index (κ3) is 2.97. The van der Waals surface area contributed by atoms with E-state index in [0.717, 1.165) is 0 Å². The summed E-state index contributed by atoms with van der Waals surface area (Å²) in [4.78, 5) is 22.9. The van der Waals surface area contributed by atoms with Gasteiger partial charge in [0.1, 0.15) is 5.82 Å². The number of benzene rings is 1. The fraction of sp³-hybridized carbons (Fsp3) is 0.333. The lowest BCUT2D eigenvalue weighted by molar-refractivity contribution is -0.125. The Morgan fingerprint density at radius 3 is 2.56 bits per heavy atom. The molecule has 98 valence electrons. The SMILES string of the molecule is CC(C)(CNC(=O)c1cccc(F)c1N)C(N)=O. The second kappa shape index (κ2) is 5.03. The van der Waals surface area contributed by atoms with Crippen molar-refractivity contribution in [3.05, 3.63) is 29.6 Å². The van der Waals surface area contributed by atoms with E-state index in [0.29, 0.717) is 0 Å². The Labute approximate surface area is 104 Å². The van der Waals surface area contributed by atoms with E-state index in [4.69, 9.17) is 11.5 Å². The lowest BCUT2D eigenvalue weighted by atomic mass is 9.92. The van der Waals surface area contributed by atoms with Crippen LogP contribution in [0.4, 0.5) is 10.1 Å². The minimum absolute atomic E-state index is 0.0373. The molecule has 0 atom stereocenters. The number of rotatable bonds is 4. The molecule has 2 amide bonds. The summed E-state index contributed by atoms with van der Waals surface area (Å²) >= 11 is 0. The van der Waals surface area contributed by atoms with Gasteiger partial charge in [-0.05, 0) is 26.0 Å². The number of nitrogen functional groups attached to an aromatic ring is 1. The van der Waals surface area contributed by atoms with Gasteiger partial charge in [0.2, 0.25) is 5.91 Å². The van der Waals surface area contributed by atoms with E-state index in [-0.39, 0.29) is 17.8 Å². The van der Waals surface area contributed by atoms with Crippen LogP contribution in [-0.4, -0.2) is 18.4 Å². The van der Waals surface area contributed by atoms with E-state index in [1.54, 1.807) is 13.8 Å². The van der Waals surface area contributed by atoms with Crippen LogP contribution in [0.25, 0.3) is 0 Å². The minimum atomic E-state index is -0.877. The molecule has 0 aliphatic heterocycles. The molecular weight excluding hydrogens is 237 g/mol. The molecule has 0 aliphatic carbocycles. The van der Waals surface area contributed by atoms with Crippen molar-refractivity contribution < 1.29 is 14.0 Å². The lowest BCUT2D eigenvalue weighted by Gasteiger charge is -2.20. The summed E-state index contributed by atoms with van der Waals surface area (Å²) in [5.74, 6) is -1.73. The molecule has 6 heteroatoms. The number of nitrogens with one attached hydrogen (secondary N) is 1. The Balaban J connectivity index is 2.78. The predicted molar refractivity (Wildman–Crippen MR) is 66.1 cm³/mol. The number of primary amides is 1. The van der Waals surface area contributed by atoms with Gasteiger partial charge in [0.15, 0.2) is 0 Å². The third-order valence-electron chi connectivity index (χ3n) is 2.66.